The van der Waals surface area contributed by atoms with E-state index in [1.54, 1.807) is 0 Å². The van der Waals surface area contributed by atoms with Gasteiger partial charge in [-0.2, -0.15) is 0 Å². The molecule has 0 amide bonds. The molecule has 1 saturated carbocycles. The Labute approximate surface area is 298 Å². The van der Waals surface area contributed by atoms with E-state index < -0.39 is 75.7 Å². The number of rotatable bonds is 29. The van der Waals surface area contributed by atoms with Gasteiger partial charge < -0.3 is 39.9 Å². The normalized spacial score (nSPS) is 24.4. The van der Waals surface area contributed by atoms with Crippen molar-refractivity contribution in [3.63, 3.8) is 0 Å². The van der Waals surface area contributed by atoms with E-state index in [0.29, 0.717) is 12.8 Å². The van der Waals surface area contributed by atoms with Gasteiger partial charge in [-0.1, -0.05) is 102 Å². The standard InChI is InChI=1S/C36H65O13P/c1-3-5-7-9-10-11-12-13-14-15-16-17-18-19-20-21-23-25-30(38)48-28(26-46-29(37)24-22-8-6-4-2)27-47-50(44,45)49-36-34(42)32(40)31(39)33(41)35(36)43/h10-11,13-14,28,31-36,39-43H,3-9,12,15-27H2,1-2H3,(H,44,45)/b11-10-,14-13-. The summed E-state index contributed by atoms with van der Waals surface area (Å²) in [6, 6.07) is 0. The lowest BCUT2D eigenvalue weighted by Crippen LogP contribution is -2.64. The molecule has 1 rings (SSSR count). The molecule has 0 aromatic heterocycles. The van der Waals surface area contributed by atoms with Gasteiger partial charge in [-0.15, -0.1) is 0 Å². The van der Waals surface area contributed by atoms with Gasteiger partial charge >= 0.3 is 19.8 Å². The van der Waals surface area contributed by atoms with E-state index in [1.165, 1.54) is 19.3 Å². The van der Waals surface area contributed by atoms with E-state index in [1.807, 2.05) is 6.92 Å². The number of aliphatic hydroxyl groups is 5. The predicted octanol–water partition coefficient (Wildman–Crippen LogP) is 5.33. The predicted molar refractivity (Wildman–Crippen MR) is 189 cm³/mol. The van der Waals surface area contributed by atoms with Gasteiger partial charge in [0.15, 0.2) is 6.10 Å². The number of ether oxygens (including phenoxy) is 2. The second-order valence-corrected chi connectivity index (χ2v) is 14.5. The number of carbonyl (C=O) groups is 2. The first-order valence-electron chi connectivity index (χ1n) is 18.6. The van der Waals surface area contributed by atoms with Crippen molar-refractivity contribution in [3.8, 4) is 0 Å². The molecule has 0 saturated heterocycles. The number of phosphoric ester groups is 1. The fourth-order valence-electron chi connectivity index (χ4n) is 5.43. The molecule has 0 radical (unpaired) electrons. The average molecular weight is 737 g/mol. The maximum absolute atomic E-state index is 12.7. The molecule has 292 valence electrons. The Morgan fingerprint density at radius 3 is 1.66 bits per heavy atom. The molecule has 0 spiro atoms. The van der Waals surface area contributed by atoms with Crippen LogP contribution in [0.4, 0.5) is 0 Å². The molecule has 0 aromatic rings. The van der Waals surface area contributed by atoms with E-state index >= 15 is 0 Å². The summed E-state index contributed by atoms with van der Waals surface area (Å²) < 4.78 is 33.0. The highest BCUT2D eigenvalue weighted by atomic mass is 31.2. The van der Waals surface area contributed by atoms with E-state index in [4.69, 9.17) is 18.5 Å². The molecule has 0 heterocycles. The molecule has 14 heteroatoms. The Bertz CT molecular complexity index is 990. The highest BCUT2D eigenvalue weighted by molar-refractivity contribution is 7.47. The Morgan fingerprint density at radius 1 is 0.620 bits per heavy atom. The first-order valence-corrected chi connectivity index (χ1v) is 20.1. The summed E-state index contributed by atoms with van der Waals surface area (Å²) in [5.74, 6) is -1.13. The largest absolute Gasteiger partial charge is 0.472 e. The van der Waals surface area contributed by atoms with Gasteiger partial charge in [-0.25, -0.2) is 4.57 Å². The lowest BCUT2D eigenvalue weighted by Gasteiger charge is -2.41. The molecule has 13 nitrogen and oxygen atoms in total. The molecule has 0 aliphatic heterocycles. The summed E-state index contributed by atoms with van der Waals surface area (Å²) in [6.45, 7) is 3.07. The Balaban J connectivity index is 2.45. The van der Waals surface area contributed by atoms with Crippen LogP contribution in [0.2, 0.25) is 0 Å². The minimum Gasteiger partial charge on any atom is -0.462 e. The summed E-state index contributed by atoms with van der Waals surface area (Å²) in [4.78, 5) is 35.0. The highest BCUT2D eigenvalue weighted by Crippen LogP contribution is 2.47. The zero-order valence-electron chi connectivity index (χ0n) is 30.2. The summed E-state index contributed by atoms with van der Waals surface area (Å²) in [5.41, 5.74) is 0. The van der Waals surface area contributed by atoms with E-state index in [2.05, 4.69) is 31.2 Å². The molecule has 6 N–H and O–H groups in total. The van der Waals surface area contributed by atoms with Gasteiger partial charge in [-0.05, 0) is 44.9 Å². The third-order valence-electron chi connectivity index (χ3n) is 8.55. The maximum Gasteiger partial charge on any atom is 0.472 e. The number of allylic oxidation sites excluding steroid dienone is 4. The molecule has 50 heavy (non-hydrogen) atoms. The van der Waals surface area contributed by atoms with Gasteiger partial charge in [0.05, 0.1) is 6.61 Å². The maximum atomic E-state index is 12.7. The van der Waals surface area contributed by atoms with Crippen molar-refractivity contribution in [1.29, 1.82) is 0 Å². The summed E-state index contributed by atoms with van der Waals surface area (Å²) in [5, 5.41) is 49.7. The molecule has 1 fully saturated rings. The minimum absolute atomic E-state index is 0.0884. The van der Waals surface area contributed by atoms with Crippen LogP contribution in [0.1, 0.15) is 136 Å². The highest BCUT2D eigenvalue weighted by Gasteiger charge is 2.51. The number of esters is 2. The first kappa shape index (κ1) is 46.4. The molecule has 6 atom stereocenters. The number of hydrogen-bond donors (Lipinski definition) is 6. The summed E-state index contributed by atoms with van der Waals surface area (Å²) in [7, 11) is -5.10. The average Bonchev–Trinajstić information content (AvgIpc) is 3.09. The van der Waals surface area contributed by atoms with Crippen LogP contribution in [0.5, 0.6) is 0 Å². The third kappa shape index (κ3) is 21.0. The Hall–Kier alpha value is -1.67. The molecule has 1 aliphatic rings. The third-order valence-corrected chi connectivity index (χ3v) is 9.53. The van der Waals surface area contributed by atoms with Crippen LogP contribution in [-0.2, 0) is 32.7 Å². The van der Waals surface area contributed by atoms with Crippen LogP contribution in [-0.4, -0.2) is 98.3 Å². The minimum atomic E-state index is -5.10. The SMILES string of the molecule is CCCCC/C=C\C/C=C\CCCCCCCCCC(=O)OC(COC(=O)CCCCCC)COP(=O)(O)OC1C(O)C(O)C(O)C(O)C1O. The molecule has 0 aromatic carbocycles. The molecular formula is C36H65O13P. The number of hydrogen-bond acceptors (Lipinski definition) is 12. The van der Waals surface area contributed by atoms with Crippen molar-refractivity contribution in [2.24, 2.45) is 0 Å². The molecule has 1 aliphatic carbocycles. The topological polar surface area (TPSA) is 210 Å². The molecule has 6 unspecified atom stereocenters. The van der Waals surface area contributed by atoms with Crippen molar-refractivity contribution in [1.82, 2.24) is 0 Å². The molecule has 0 bridgehead atoms. The Morgan fingerprint density at radius 2 is 1.08 bits per heavy atom. The van der Waals surface area contributed by atoms with E-state index in [9.17, 15) is 44.6 Å². The summed E-state index contributed by atoms with van der Waals surface area (Å²) >= 11 is 0. The van der Waals surface area contributed by atoms with Crippen molar-refractivity contribution in [2.75, 3.05) is 13.2 Å². The van der Waals surface area contributed by atoms with E-state index in [0.717, 1.165) is 77.0 Å². The Kier molecular flexibility index (Phi) is 25.9. The van der Waals surface area contributed by atoms with Crippen LogP contribution in [0.3, 0.4) is 0 Å². The van der Waals surface area contributed by atoms with Crippen LogP contribution in [0, 0.1) is 0 Å². The van der Waals surface area contributed by atoms with Crippen LogP contribution in [0.15, 0.2) is 24.3 Å². The number of carbonyl (C=O) groups excluding carboxylic acids is 2. The van der Waals surface area contributed by atoms with Crippen molar-refractivity contribution >= 4 is 19.8 Å². The van der Waals surface area contributed by atoms with Crippen LogP contribution >= 0.6 is 7.82 Å². The summed E-state index contributed by atoms with van der Waals surface area (Å²) in [6.07, 6.45) is 13.3. The zero-order valence-corrected chi connectivity index (χ0v) is 31.1. The first-order chi connectivity index (χ1) is 23.9. The van der Waals surface area contributed by atoms with Gasteiger partial charge in [0, 0.05) is 12.8 Å². The smallest absolute Gasteiger partial charge is 0.462 e. The second-order valence-electron chi connectivity index (χ2n) is 13.1. The van der Waals surface area contributed by atoms with Gasteiger partial charge in [-0.3, -0.25) is 18.6 Å². The fraction of sp³-hybridized carbons (Fsp3) is 0.833. The number of aliphatic hydroxyl groups excluding tert-OH is 5. The van der Waals surface area contributed by atoms with Gasteiger partial charge in [0.25, 0.3) is 0 Å². The number of phosphoric acid groups is 1. The van der Waals surface area contributed by atoms with Crippen molar-refractivity contribution < 1.29 is 63.1 Å². The van der Waals surface area contributed by atoms with Gasteiger partial charge in [0.1, 0.15) is 43.2 Å². The van der Waals surface area contributed by atoms with Crippen molar-refractivity contribution in [2.45, 2.75) is 179 Å². The fourth-order valence-corrected chi connectivity index (χ4v) is 6.41. The zero-order chi connectivity index (χ0) is 37.2. The quantitative estimate of drug-likeness (QED) is 0.0249. The lowest BCUT2D eigenvalue weighted by atomic mass is 9.85. The van der Waals surface area contributed by atoms with Crippen LogP contribution < -0.4 is 0 Å². The van der Waals surface area contributed by atoms with Gasteiger partial charge in [0.2, 0.25) is 0 Å². The lowest BCUT2D eigenvalue weighted by molar-refractivity contribution is -0.220. The molecular weight excluding hydrogens is 671 g/mol. The van der Waals surface area contributed by atoms with E-state index in [-0.39, 0.29) is 12.8 Å². The van der Waals surface area contributed by atoms with Crippen molar-refractivity contribution in [3.05, 3.63) is 24.3 Å². The number of unbranched alkanes of at least 4 members (excludes halogenated alkanes) is 13. The van der Waals surface area contributed by atoms with Crippen LogP contribution in [0.25, 0.3) is 0 Å². The monoisotopic (exact) mass is 736 g/mol. The second kappa shape index (κ2) is 27.9.